The van der Waals surface area contributed by atoms with E-state index < -0.39 is 0 Å². The molecule has 0 saturated heterocycles. The number of hydrogen-bond donors (Lipinski definition) is 0. The second-order valence-electron chi connectivity index (χ2n) is 12.9. The maximum atomic E-state index is 6.55. The molecule has 0 unspecified atom stereocenters. The van der Waals surface area contributed by atoms with Gasteiger partial charge in [-0.05, 0) is 65.7 Å². The molecule has 0 fully saturated rings. The zero-order chi connectivity index (χ0) is 33.5. The highest BCUT2D eigenvalue weighted by Crippen LogP contribution is 2.37. The Bertz CT molecular complexity index is 3100. The predicted molar refractivity (Wildman–Crippen MR) is 205 cm³/mol. The zero-order valence-electron chi connectivity index (χ0n) is 27.1. The summed E-state index contributed by atoms with van der Waals surface area (Å²) in [5.74, 6) is 1.74. The Balaban J connectivity index is 1.05. The number of nitrogens with zero attached hydrogens (tertiary/aromatic N) is 4. The molecule has 4 aromatic heterocycles. The fourth-order valence-electron chi connectivity index (χ4n) is 7.45. The van der Waals surface area contributed by atoms with E-state index in [9.17, 15) is 0 Å². The van der Waals surface area contributed by atoms with Gasteiger partial charge < -0.3 is 8.83 Å². The number of fused-ring (bicyclic) bond motifs is 9. The van der Waals surface area contributed by atoms with Crippen molar-refractivity contribution in [2.75, 3.05) is 0 Å². The van der Waals surface area contributed by atoms with Crippen LogP contribution in [0.4, 0.5) is 0 Å². The number of furan rings is 2. The first-order valence-electron chi connectivity index (χ1n) is 16.9. The molecule has 0 aliphatic carbocycles. The van der Waals surface area contributed by atoms with Gasteiger partial charge in [0.05, 0.1) is 11.0 Å². The van der Waals surface area contributed by atoms with Gasteiger partial charge in [0.15, 0.2) is 11.6 Å². The third-order valence-electron chi connectivity index (χ3n) is 9.88. The Morgan fingerprint density at radius 2 is 0.784 bits per heavy atom. The molecule has 0 N–H and O–H groups in total. The summed E-state index contributed by atoms with van der Waals surface area (Å²) in [5, 5.41) is 6.62. The Kier molecular flexibility index (Phi) is 5.86. The minimum Gasteiger partial charge on any atom is -0.456 e. The molecule has 0 bridgehead atoms. The number of hydrogen-bond acceptors (Lipinski definition) is 5. The van der Waals surface area contributed by atoms with Crippen molar-refractivity contribution in [1.29, 1.82) is 0 Å². The highest BCUT2D eigenvalue weighted by molar-refractivity contribution is 6.10. The fraction of sp³-hybridized carbons (Fsp3) is 0. The summed E-state index contributed by atoms with van der Waals surface area (Å²) in [6.45, 7) is 0. The van der Waals surface area contributed by atoms with Crippen molar-refractivity contribution in [2.45, 2.75) is 0 Å². The van der Waals surface area contributed by atoms with E-state index in [4.69, 9.17) is 23.8 Å². The molecule has 7 aromatic carbocycles. The van der Waals surface area contributed by atoms with Crippen molar-refractivity contribution in [3.8, 4) is 39.9 Å². The van der Waals surface area contributed by atoms with Crippen LogP contribution < -0.4 is 0 Å². The minimum absolute atomic E-state index is 0.562. The van der Waals surface area contributed by atoms with Crippen LogP contribution in [0.5, 0.6) is 0 Å². The standard InChI is InChI=1S/C45H26N4O2/c1-2-10-27(11-3-1)43-46-44(48-45(47-43)49-37-15-7-4-12-31(37)32-13-5-8-16-38(32)49)30-20-23-36-35-22-19-29(25-41(35)51-42(36)26-30)28-18-21-34-33-14-6-9-17-39(33)50-40(34)24-28/h1-26H. The molecule has 0 amide bonds. The van der Waals surface area contributed by atoms with Crippen LogP contribution in [0.3, 0.4) is 0 Å². The molecule has 0 aliphatic heterocycles. The first-order valence-corrected chi connectivity index (χ1v) is 16.9. The van der Waals surface area contributed by atoms with Crippen LogP contribution in [0, 0.1) is 0 Å². The second-order valence-corrected chi connectivity index (χ2v) is 12.9. The molecular weight excluding hydrogens is 629 g/mol. The fourth-order valence-corrected chi connectivity index (χ4v) is 7.45. The molecule has 51 heavy (non-hydrogen) atoms. The molecular formula is C45H26N4O2. The van der Waals surface area contributed by atoms with Crippen molar-refractivity contribution < 1.29 is 8.83 Å². The van der Waals surface area contributed by atoms with Crippen LogP contribution in [0.25, 0.3) is 106 Å². The van der Waals surface area contributed by atoms with Crippen LogP contribution in [0.2, 0.25) is 0 Å². The molecule has 4 heterocycles. The maximum absolute atomic E-state index is 6.55. The third-order valence-corrected chi connectivity index (χ3v) is 9.88. The SMILES string of the molecule is c1ccc(-c2nc(-c3ccc4c(c3)oc3cc(-c5ccc6c(c5)oc5ccccc56)ccc34)nc(-n3c4ccccc4c4ccccc43)n2)cc1. The average Bonchev–Trinajstić information content (AvgIpc) is 3.86. The summed E-state index contributed by atoms with van der Waals surface area (Å²) >= 11 is 0. The van der Waals surface area contributed by atoms with Crippen molar-refractivity contribution in [1.82, 2.24) is 19.5 Å². The van der Waals surface area contributed by atoms with Crippen molar-refractivity contribution in [3.63, 3.8) is 0 Å². The van der Waals surface area contributed by atoms with E-state index in [0.29, 0.717) is 17.6 Å². The maximum Gasteiger partial charge on any atom is 0.238 e. The number of aromatic nitrogens is 4. The Hall–Kier alpha value is -7.05. The summed E-state index contributed by atoms with van der Waals surface area (Å²) in [6.07, 6.45) is 0. The molecule has 6 heteroatoms. The van der Waals surface area contributed by atoms with Crippen molar-refractivity contribution in [2.24, 2.45) is 0 Å². The van der Waals surface area contributed by atoms with E-state index >= 15 is 0 Å². The molecule has 11 rings (SSSR count). The van der Waals surface area contributed by atoms with Gasteiger partial charge in [-0.15, -0.1) is 0 Å². The summed E-state index contributed by atoms with van der Waals surface area (Å²) in [7, 11) is 0. The largest absolute Gasteiger partial charge is 0.456 e. The number of benzene rings is 7. The van der Waals surface area contributed by atoms with Crippen molar-refractivity contribution in [3.05, 3.63) is 158 Å². The molecule has 238 valence electrons. The molecule has 6 nitrogen and oxygen atoms in total. The van der Waals surface area contributed by atoms with Crippen LogP contribution >= 0.6 is 0 Å². The summed E-state index contributed by atoms with van der Waals surface area (Å²) < 4.78 is 14.9. The summed E-state index contributed by atoms with van der Waals surface area (Å²) in [4.78, 5) is 15.2. The van der Waals surface area contributed by atoms with Gasteiger partial charge in [0.1, 0.15) is 22.3 Å². The van der Waals surface area contributed by atoms with Gasteiger partial charge in [-0.1, -0.05) is 103 Å². The molecule has 0 radical (unpaired) electrons. The van der Waals surface area contributed by atoms with Gasteiger partial charge in [0.25, 0.3) is 0 Å². The quantitative estimate of drug-likeness (QED) is 0.189. The molecule has 11 aromatic rings. The van der Waals surface area contributed by atoms with Crippen LogP contribution in [0.15, 0.2) is 167 Å². The van der Waals surface area contributed by atoms with E-state index in [-0.39, 0.29) is 0 Å². The molecule has 0 spiro atoms. The number of rotatable bonds is 4. The van der Waals surface area contributed by atoms with Crippen LogP contribution in [-0.4, -0.2) is 19.5 Å². The van der Waals surface area contributed by atoms with E-state index in [1.807, 2.05) is 54.6 Å². The normalized spacial score (nSPS) is 11.9. The third kappa shape index (κ3) is 4.33. The Labute approximate surface area is 290 Å². The smallest absolute Gasteiger partial charge is 0.238 e. The lowest BCUT2D eigenvalue weighted by molar-refractivity contribution is 0.668. The van der Waals surface area contributed by atoms with Gasteiger partial charge >= 0.3 is 0 Å². The highest BCUT2D eigenvalue weighted by Gasteiger charge is 2.19. The second kappa shape index (κ2) is 10.7. The monoisotopic (exact) mass is 654 g/mol. The number of para-hydroxylation sites is 3. The molecule has 0 aliphatic rings. The van der Waals surface area contributed by atoms with Crippen molar-refractivity contribution >= 4 is 65.7 Å². The highest BCUT2D eigenvalue weighted by atomic mass is 16.3. The molecule has 0 saturated carbocycles. The Morgan fingerprint density at radius 3 is 1.41 bits per heavy atom. The van der Waals surface area contributed by atoms with Gasteiger partial charge in [0, 0.05) is 43.4 Å². The minimum atomic E-state index is 0.562. The van der Waals surface area contributed by atoms with E-state index in [2.05, 4.69) is 108 Å². The zero-order valence-corrected chi connectivity index (χ0v) is 27.1. The van der Waals surface area contributed by atoms with E-state index in [0.717, 1.165) is 87.9 Å². The van der Waals surface area contributed by atoms with Crippen LogP contribution in [-0.2, 0) is 0 Å². The van der Waals surface area contributed by atoms with Gasteiger partial charge in [-0.2, -0.15) is 9.97 Å². The van der Waals surface area contributed by atoms with Gasteiger partial charge in [0.2, 0.25) is 5.95 Å². The summed E-state index contributed by atoms with van der Waals surface area (Å²) in [6, 6.07) is 53.9. The first-order chi connectivity index (χ1) is 25.2. The summed E-state index contributed by atoms with van der Waals surface area (Å²) in [5.41, 5.74) is 9.32. The van der Waals surface area contributed by atoms with Gasteiger partial charge in [-0.25, -0.2) is 4.98 Å². The predicted octanol–water partition coefficient (Wildman–Crippen LogP) is 11.8. The molecule has 0 atom stereocenters. The average molecular weight is 655 g/mol. The lowest BCUT2D eigenvalue weighted by atomic mass is 10.0. The first kappa shape index (κ1) is 27.9. The topological polar surface area (TPSA) is 69.9 Å². The van der Waals surface area contributed by atoms with Crippen LogP contribution in [0.1, 0.15) is 0 Å². The lowest BCUT2D eigenvalue weighted by Crippen LogP contribution is -2.06. The lowest BCUT2D eigenvalue weighted by Gasteiger charge is -2.10. The van der Waals surface area contributed by atoms with E-state index in [1.165, 1.54) is 0 Å². The Morgan fingerprint density at radius 1 is 0.333 bits per heavy atom. The van der Waals surface area contributed by atoms with E-state index in [1.54, 1.807) is 0 Å². The van der Waals surface area contributed by atoms with Gasteiger partial charge in [-0.3, -0.25) is 4.57 Å².